The SMILES string of the molecule is O=C(N[C@@H](Cc1c[nH]c2ccc(O)cc12)c1cscn1)c1ccc2c(c1)nc(-c1cccs1)n2C1CCCCC1. The highest BCUT2D eigenvalue weighted by Gasteiger charge is 2.25. The second-order valence-electron chi connectivity index (χ2n) is 10.5. The summed E-state index contributed by atoms with van der Waals surface area (Å²) in [5, 5.41) is 18.3. The monoisotopic (exact) mass is 567 g/mol. The molecule has 202 valence electrons. The topological polar surface area (TPSA) is 95.8 Å². The Balaban J connectivity index is 1.21. The van der Waals surface area contributed by atoms with Gasteiger partial charge in [-0.15, -0.1) is 22.7 Å². The molecule has 40 heavy (non-hydrogen) atoms. The lowest BCUT2D eigenvalue weighted by atomic mass is 9.95. The zero-order valence-corrected chi connectivity index (χ0v) is 23.5. The predicted molar refractivity (Wildman–Crippen MR) is 161 cm³/mol. The molecule has 0 aliphatic heterocycles. The number of hydrogen-bond acceptors (Lipinski definition) is 6. The average molecular weight is 568 g/mol. The van der Waals surface area contributed by atoms with Crippen LogP contribution in [0.25, 0.3) is 32.6 Å². The molecule has 1 aliphatic carbocycles. The minimum absolute atomic E-state index is 0.160. The van der Waals surface area contributed by atoms with Crippen LogP contribution in [-0.4, -0.2) is 30.5 Å². The third-order valence-corrected chi connectivity index (χ3v) is 9.39. The molecule has 0 radical (unpaired) electrons. The van der Waals surface area contributed by atoms with Gasteiger partial charge in [-0.2, -0.15) is 0 Å². The predicted octanol–water partition coefficient (Wildman–Crippen LogP) is 7.63. The summed E-state index contributed by atoms with van der Waals surface area (Å²) in [5.74, 6) is 1.05. The lowest BCUT2D eigenvalue weighted by molar-refractivity contribution is 0.0936. The van der Waals surface area contributed by atoms with Crippen molar-refractivity contribution in [1.29, 1.82) is 0 Å². The quantitative estimate of drug-likeness (QED) is 0.185. The Bertz CT molecular complexity index is 1780. The van der Waals surface area contributed by atoms with E-state index in [1.54, 1.807) is 29.0 Å². The van der Waals surface area contributed by atoms with Crippen molar-refractivity contribution < 1.29 is 9.90 Å². The number of benzene rings is 2. The molecule has 7 nitrogen and oxygen atoms in total. The molecule has 6 aromatic rings. The van der Waals surface area contributed by atoms with Crippen LogP contribution in [0.5, 0.6) is 5.75 Å². The largest absolute Gasteiger partial charge is 0.508 e. The van der Waals surface area contributed by atoms with E-state index >= 15 is 0 Å². The van der Waals surface area contributed by atoms with Crippen LogP contribution in [0.1, 0.15) is 65.8 Å². The zero-order chi connectivity index (χ0) is 27.1. The third kappa shape index (κ3) is 4.69. The van der Waals surface area contributed by atoms with Crippen LogP contribution >= 0.6 is 22.7 Å². The number of rotatable bonds is 7. The normalized spacial score (nSPS) is 15.1. The first-order valence-corrected chi connectivity index (χ1v) is 15.5. The summed E-state index contributed by atoms with van der Waals surface area (Å²) in [6.07, 6.45) is 8.57. The molecule has 0 unspecified atom stereocenters. The van der Waals surface area contributed by atoms with Gasteiger partial charge in [0, 0.05) is 40.5 Å². The fourth-order valence-electron chi connectivity index (χ4n) is 5.95. The summed E-state index contributed by atoms with van der Waals surface area (Å²) in [4.78, 5) is 27.6. The van der Waals surface area contributed by atoms with Crippen molar-refractivity contribution in [3.05, 3.63) is 87.8 Å². The number of hydrogen-bond donors (Lipinski definition) is 3. The van der Waals surface area contributed by atoms with Gasteiger partial charge in [0.1, 0.15) is 5.75 Å². The van der Waals surface area contributed by atoms with Crippen LogP contribution in [0.4, 0.5) is 0 Å². The first-order valence-electron chi connectivity index (χ1n) is 13.7. The van der Waals surface area contributed by atoms with Gasteiger partial charge in [0.15, 0.2) is 5.82 Å². The molecule has 7 rings (SSSR count). The summed E-state index contributed by atoms with van der Waals surface area (Å²) in [6.45, 7) is 0. The number of aromatic nitrogens is 4. The van der Waals surface area contributed by atoms with Crippen LogP contribution in [0.2, 0.25) is 0 Å². The van der Waals surface area contributed by atoms with Gasteiger partial charge in [0.25, 0.3) is 5.91 Å². The second-order valence-corrected chi connectivity index (χ2v) is 12.1. The van der Waals surface area contributed by atoms with E-state index in [-0.39, 0.29) is 17.7 Å². The van der Waals surface area contributed by atoms with Crippen LogP contribution in [0, 0.1) is 0 Å². The summed E-state index contributed by atoms with van der Waals surface area (Å²) in [7, 11) is 0. The molecule has 1 amide bonds. The van der Waals surface area contributed by atoms with Crippen molar-refractivity contribution in [3.63, 3.8) is 0 Å². The van der Waals surface area contributed by atoms with E-state index in [1.807, 2.05) is 29.8 Å². The molecule has 0 spiro atoms. The number of imidazole rings is 1. The van der Waals surface area contributed by atoms with E-state index in [0.717, 1.165) is 56.7 Å². The number of carbonyl (C=O) groups excluding carboxylic acids is 1. The van der Waals surface area contributed by atoms with Gasteiger partial charge < -0.3 is 20.0 Å². The number of phenols is 1. The van der Waals surface area contributed by atoms with Crippen molar-refractivity contribution in [2.45, 2.75) is 50.6 Å². The number of aromatic hydroxyl groups is 1. The van der Waals surface area contributed by atoms with Gasteiger partial charge >= 0.3 is 0 Å². The van der Waals surface area contributed by atoms with Gasteiger partial charge in [0.2, 0.25) is 0 Å². The first kappa shape index (κ1) is 25.0. The molecule has 0 saturated heterocycles. The highest BCUT2D eigenvalue weighted by atomic mass is 32.1. The van der Waals surface area contributed by atoms with Crippen molar-refractivity contribution in [2.24, 2.45) is 0 Å². The number of thiophene rings is 1. The Morgan fingerprint density at radius 1 is 1.15 bits per heavy atom. The van der Waals surface area contributed by atoms with Gasteiger partial charge in [-0.3, -0.25) is 4.79 Å². The van der Waals surface area contributed by atoms with Gasteiger partial charge in [-0.05, 0) is 66.2 Å². The maximum atomic E-state index is 13.6. The fraction of sp³-hybridized carbons (Fsp3) is 0.258. The highest BCUT2D eigenvalue weighted by Crippen LogP contribution is 2.37. The number of fused-ring (bicyclic) bond motifs is 2. The van der Waals surface area contributed by atoms with Gasteiger partial charge in [-0.1, -0.05) is 25.3 Å². The van der Waals surface area contributed by atoms with Crippen LogP contribution in [0.15, 0.2) is 71.0 Å². The smallest absolute Gasteiger partial charge is 0.251 e. The van der Waals surface area contributed by atoms with Crippen LogP contribution in [0.3, 0.4) is 0 Å². The standard InChI is InChI=1S/C31H29N5O2S2/c37-22-9-10-24-23(15-22)20(16-32-24)14-25(27-17-39-18-33-27)35-31(38)19-8-11-28-26(13-19)34-30(29-7-4-12-40-29)36(28)21-5-2-1-3-6-21/h4,7-13,15-18,21,25,32,37H,1-3,5-6,14H2,(H,35,38)/t25-/m0/s1. The molecule has 4 aromatic heterocycles. The van der Waals surface area contributed by atoms with E-state index < -0.39 is 0 Å². The molecule has 0 bridgehead atoms. The van der Waals surface area contributed by atoms with Crippen molar-refractivity contribution in [1.82, 2.24) is 24.8 Å². The van der Waals surface area contributed by atoms with Crippen molar-refractivity contribution in [2.75, 3.05) is 0 Å². The van der Waals surface area contributed by atoms with E-state index in [4.69, 9.17) is 4.98 Å². The number of amides is 1. The average Bonchev–Trinajstić information content (AvgIpc) is 3.79. The second kappa shape index (κ2) is 10.6. The van der Waals surface area contributed by atoms with E-state index in [1.165, 1.54) is 30.6 Å². The number of nitrogens with zero attached hydrogens (tertiary/aromatic N) is 3. The molecule has 2 aromatic carbocycles. The summed E-state index contributed by atoms with van der Waals surface area (Å²) >= 11 is 3.21. The molecular weight excluding hydrogens is 539 g/mol. The Morgan fingerprint density at radius 2 is 2.05 bits per heavy atom. The Kier molecular flexibility index (Phi) is 6.61. The number of thiazole rings is 1. The maximum absolute atomic E-state index is 13.6. The van der Waals surface area contributed by atoms with Crippen molar-refractivity contribution >= 4 is 50.5 Å². The van der Waals surface area contributed by atoms with Crippen molar-refractivity contribution in [3.8, 4) is 16.5 Å². The van der Waals surface area contributed by atoms with Crippen LogP contribution in [-0.2, 0) is 6.42 Å². The molecule has 1 saturated carbocycles. The molecule has 9 heteroatoms. The third-order valence-electron chi connectivity index (χ3n) is 7.92. The lowest BCUT2D eigenvalue weighted by Crippen LogP contribution is -2.30. The Morgan fingerprint density at radius 3 is 2.85 bits per heavy atom. The zero-order valence-electron chi connectivity index (χ0n) is 21.8. The molecule has 4 heterocycles. The van der Waals surface area contributed by atoms with Gasteiger partial charge in [-0.25, -0.2) is 9.97 Å². The number of phenolic OH excluding ortho intramolecular Hbond substituents is 1. The number of aromatic amines is 1. The van der Waals surface area contributed by atoms with Crippen LogP contribution < -0.4 is 5.32 Å². The number of H-pyrrole nitrogens is 1. The first-order chi connectivity index (χ1) is 19.6. The minimum atomic E-state index is -0.322. The minimum Gasteiger partial charge on any atom is -0.508 e. The summed E-state index contributed by atoms with van der Waals surface area (Å²) in [6, 6.07) is 15.5. The summed E-state index contributed by atoms with van der Waals surface area (Å²) < 4.78 is 2.41. The van der Waals surface area contributed by atoms with E-state index in [0.29, 0.717) is 18.0 Å². The van der Waals surface area contributed by atoms with E-state index in [9.17, 15) is 9.90 Å². The van der Waals surface area contributed by atoms with Gasteiger partial charge in [0.05, 0.1) is 33.2 Å². The maximum Gasteiger partial charge on any atom is 0.251 e. The Labute approximate surface area is 239 Å². The fourth-order valence-corrected chi connectivity index (χ4v) is 7.27. The lowest BCUT2D eigenvalue weighted by Gasteiger charge is -2.25. The highest BCUT2D eigenvalue weighted by molar-refractivity contribution is 7.13. The number of nitrogens with one attached hydrogen (secondary N) is 2. The molecular formula is C31H29N5O2S2. The molecule has 1 aliphatic rings. The van der Waals surface area contributed by atoms with E-state index in [2.05, 4.69) is 43.4 Å². The number of carbonyl (C=O) groups is 1. The molecule has 3 N–H and O–H groups in total. The Hall–Kier alpha value is -3.95. The molecule has 1 atom stereocenters. The summed E-state index contributed by atoms with van der Waals surface area (Å²) in [5.41, 5.74) is 7.06. The molecule has 1 fully saturated rings.